The number of nitrogens with zero attached hydrogens (tertiary/aromatic N) is 1. The van der Waals surface area contributed by atoms with E-state index in [4.69, 9.17) is 4.74 Å². The monoisotopic (exact) mass is 443 g/mol. The van der Waals surface area contributed by atoms with Gasteiger partial charge in [-0.15, -0.1) is 0 Å². The van der Waals surface area contributed by atoms with Gasteiger partial charge in [-0.05, 0) is 55.0 Å². The third-order valence-electron chi connectivity index (χ3n) is 5.48. The van der Waals surface area contributed by atoms with Crippen molar-refractivity contribution in [3.05, 3.63) is 65.2 Å². The fraction of sp³-hybridized carbons (Fsp3) is 0.417. The highest BCUT2D eigenvalue weighted by molar-refractivity contribution is 7.89. The second-order valence-electron chi connectivity index (χ2n) is 8.87. The minimum atomic E-state index is -3.54. The van der Waals surface area contributed by atoms with Gasteiger partial charge in [0.15, 0.2) is 6.10 Å². The lowest BCUT2D eigenvalue weighted by atomic mass is 9.86. The highest BCUT2D eigenvalue weighted by Crippen LogP contribution is 2.23. The van der Waals surface area contributed by atoms with Gasteiger partial charge < -0.3 is 4.74 Å². The molecule has 0 unspecified atom stereocenters. The van der Waals surface area contributed by atoms with E-state index in [2.05, 4.69) is 20.8 Å². The Morgan fingerprint density at radius 3 is 1.94 bits per heavy atom. The van der Waals surface area contributed by atoms with Crippen molar-refractivity contribution in [2.24, 2.45) is 0 Å². The molecule has 2 aromatic rings. The molecule has 0 amide bonds. The maximum absolute atomic E-state index is 12.6. The van der Waals surface area contributed by atoms with Crippen molar-refractivity contribution in [1.29, 1.82) is 0 Å². The van der Waals surface area contributed by atoms with Crippen molar-refractivity contribution in [3.8, 4) is 0 Å². The highest BCUT2D eigenvalue weighted by atomic mass is 32.2. The standard InChI is InChI=1S/C24H29NO5S/c1-17(22(26)18-7-11-20(12-8-18)24(2,3)4)30-23(27)19-9-13-21(14-10-19)31(28,29)25-15-5-6-16-25/h7-14,17H,5-6,15-16H2,1-4H3/t17-/m1/s1. The first-order chi connectivity index (χ1) is 14.5. The minimum Gasteiger partial charge on any atom is -0.451 e. The van der Waals surface area contributed by atoms with Gasteiger partial charge in [0.05, 0.1) is 10.5 Å². The van der Waals surface area contributed by atoms with Crippen LogP contribution < -0.4 is 0 Å². The molecule has 0 aromatic heterocycles. The van der Waals surface area contributed by atoms with Gasteiger partial charge in [-0.1, -0.05) is 45.0 Å². The molecule has 1 heterocycles. The predicted molar refractivity (Wildman–Crippen MR) is 119 cm³/mol. The number of esters is 1. The first-order valence-electron chi connectivity index (χ1n) is 10.5. The van der Waals surface area contributed by atoms with Gasteiger partial charge >= 0.3 is 5.97 Å². The zero-order valence-corrected chi connectivity index (χ0v) is 19.2. The fourth-order valence-corrected chi connectivity index (χ4v) is 5.01. The molecule has 6 nitrogen and oxygen atoms in total. The summed E-state index contributed by atoms with van der Waals surface area (Å²) < 4.78 is 32.0. The van der Waals surface area contributed by atoms with E-state index in [1.807, 2.05) is 12.1 Å². The number of carbonyl (C=O) groups is 2. The summed E-state index contributed by atoms with van der Waals surface area (Å²) in [5, 5.41) is 0. The van der Waals surface area contributed by atoms with E-state index in [0.717, 1.165) is 18.4 Å². The van der Waals surface area contributed by atoms with Crippen LogP contribution in [0.2, 0.25) is 0 Å². The van der Waals surface area contributed by atoms with Crippen LogP contribution in [0, 0.1) is 0 Å². The number of carbonyl (C=O) groups excluding carboxylic acids is 2. The summed E-state index contributed by atoms with van der Waals surface area (Å²) in [6.45, 7) is 8.84. The van der Waals surface area contributed by atoms with Crippen LogP contribution in [-0.2, 0) is 20.2 Å². The molecule has 166 valence electrons. The SMILES string of the molecule is C[C@@H](OC(=O)c1ccc(S(=O)(=O)N2CCCC2)cc1)C(=O)c1ccc(C(C)(C)C)cc1. The molecular weight excluding hydrogens is 414 g/mol. The molecule has 1 fully saturated rings. The van der Waals surface area contributed by atoms with Gasteiger partial charge in [-0.2, -0.15) is 4.31 Å². The van der Waals surface area contributed by atoms with Crippen molar-refractivity contribution < 1.29 is 22.7 Å². The quantitative estimate of drug-likeness (QED) is 0.494. The van der Waals surface area contributed by atoms with E-state index < -0.39 is 22.1 Å². The Hall–Kier alpha value is -2.51. The fourth-order valence-electron chi connectivity index (χ4n) is 3.49. The topological polar surface area (TPSA) is 80.8 Å². The van der Waals surface area contributed by atoms with Crippen molar-refractivity contribution >= 4 is 21.8 Å². The molecule has 0 bridgehead atoms. The maximum Gasteiger partial charge on any atom is 0.338 e. The Bertz CT molecular complexity index is 1040. The number of Topliss-reactive ketones (excluding diaryl/α,β-unsaturated/α-hetero) is 1. The summed E-state index contributed by atoms with van der Waals surface area (Å²) in [4.78, 5) is 25.2. The van der Waals surface area contributed by atoms with Gasteiger partial charge in [-0.25, -0.2) is 13.2 Å². The lowest BCUT2D eigenvalue weighted by molar-refractivity contribution is 0.0318. The molecule has 1 saturated heterocycles. The largest absolute Gasteiger partial charge is 0.451 e. The molecular formula is C24H29NO5S. The van der Waals surface area contributed by atoms with Gasteiger partial charge in [0.25, 0.3) is 0 Å². The number of hydrogen-bond donors (Lipinski definition) is 0. The summed E-state index contributed by atoms with van der Waals surface area (Å²) in [6.07, 6.45) is 0.754. The smallest absolute Gasteiger partial charge is 0.338 e. The van der Waals surface area contributed by atoms with Crippen LogP contribution in [0.4, 0.5) is 0 Å². The lowest BCUT2D eigenvalue weighted by Crippen LogP contribution is -2.28. The number of rotatable bonds is 6. The molecule has 1 atom stereocenters. The Labute approximate surface area is 184 Å². The maximum atomic E-state index is 12.6. The molecule has 0 spiro atoms. The van der Waals surface area contributed by atoms with Crippen LogP contribution in [0.25, 0.3) is 0 Å². The van der Waals surface area contributed by atoms with Crippen molar-refractivity contribution in [1.82, 2.24) is 4.31 Å². The number of ether oxygens (including phenoxy) is 1. The summed E-state index contributed by atoms with van der Waals surface area (Å²) >= 11 is 0. The van der Waals surface area contributed by atoms with E-state index in [9.17, 15) is 18.0 Å². The van der Waals surface area contributed by atoms with Crippen LogP contribution in [0.15, 0.2) is 53.4 Å². The van der Waals surface area contributed by atoms with E-state index in [-0.39, 0.29) is 21.7 Å². The van der Waals surface area contributed by atoms with Crippen LogP contribution in [0.3, 0.4) is 0 Å². The molecule has 0 N–H and O–H groups in total. The van der Waals surface area contributed by atoms with E-state index in [1.165, 1.54) is 35.5 Å². The van der Waals surface area contributed by atoms with Crippen LogP contribution >= 0.6 is 0 Å². The molecule has 31 heavy (non-hydrogen) atoms. The van der Waals surface area contributed by atoms with E-state index in [1.54, 1.807) is 12.1 Å². The molecule has 3 rings (SSSR count). The van der Waals surface area contributed by atoms with Gasteiger partial charge in [-0.3, -0.25) is 4.79 Å². The average Bonchev–Trinajstić information content (AvgIpc) is 3.28. The highest BCUT2D eigenvalue weighted by Gasteiger charge is 2.27. The van der Waals surface area contributed by atoms with Gasteiger partial charge in [0.2, 0.25) is 15.8 Å². The normalized spacial score (nSPS) is 16.1. The zero-order chi connectivity index (χ0) is 22.8. The third-order valence-corrected chi connectivity index (χ3v) is 7.39. The molecule has 1 aliphatic heterocycles. The number of hydrogen-bond acceptors (Lipinski definition) is 5. The zero-order valence-electron chi connectivity index (χ0n) is 18.4. The minimum absolute atomic E-state index is 0.0198. The second-order valence-corrected chi connectivity index (χ2v) is 10.8. The summed E-state index contributed by atoms with van der Waals surface area (Å²) in [5.41, 5.74) is 1.76. The van der Waals surface area contributed by atoms with E-state index in [0.29, 0.717) is 18.7 Å². The second kappa shape index (κ2) is 8.93. The predicted octanol–water partition coefficient (Wildman–Crippen LogP) is 4.20. The third kappa shape index (κ3) is 5.22. The summed E-state index contributed by atoms with van der Waals surface area (Å²) in [6, 6.07) is 12.9. The molecule has 0 aliphatic carbocycles. The van der Waals surface area contributed by atoms with Crippen molar-refractivity contribution in [3.63, 3.8) is 0 Å². The first-order valence-corrected chi connectivity index (χ1v) is 11.9. The Morgan fingerprint density at radius 2 is 1.42 bits per heavy atom. The number of benzene rings is 2. The summed E-state index contributed by atoms with van der Waals surface area (Å²) in [5.74, 6) is -0.959. The molecule has 2 aromatic carbocycles. The van der Waals surface area contributed by atoms with Crippen molar-refractivity contribution in [2.75, 3.05) is 13.1 Å². The van der Waals surface area contributed by atoms with E-state index >= 15 is 0 Å². The van der Waals surface area contributed by atoms with Gasteiger partial charge in [0, 0.05) is 18.7 Å². The van der Waals surface area contributed by atoms with Crippen LogP contribution in [0.1, 0.15) is 66.8 Å². The van der Waals surface area contributed by atoms with Gasteiger partial charge in [0.1, 0.15) is 0 Å². The Kier molecular flexibility index (Phi) is 6.67. The van der Waals surface area contributed by atoms with Crippen LogP contribution in [0.5, 0.6) is 0 Å². The Morgan fingerprint density at radius 1 is 0.903 bits per heavy atom. The molecule has 1 aliphatic rings. The van der Waals surface area contributed by atoms with Crippen LogP contribution in [-0.4, -0.2) is 43.7 Å². The molecule has 0 saturated carbocycles. The lowest BCUT2D eigenvalue weighted by Gasteiger charge is -2.19. The van der Waals surface area contributed by atoms with Crippen molar-refractivity contribution in [2.45, 2.75) is 57.0 Å². The molecule has 0 radical (unpaired) electrons. The first kappa shape index (κ1) is 23.2. The number of ketones is 1. The number of sulfonamides is 1. The summed E-state index contributed by atoms with van der Waals surface area (Å²) in [7, 11) is -3.54. The molecule has 7 heteroatoms. The average molecular weight is 444 g/mol. The Balaban J connectivity index is 1.66.